The molecule has 0 atom stereocenters. The van der Waals surface area contributed by atoms with Crippen molar-refractivity contribution in [1.82, 2.24) is 20.2 Å². The van der Waals surface area contributed by atoms with Gasteiger partial charge in [-0.25, -0.2) is 12.8 Å². The maximum Gasteiger partial charge on any atom is 0.255 e. The lowest BCUT2D eigenvalue weighted by Gasteiger charge is -2.10. The van der Waals surface area contributed by atoms with Crippen molar-refractivity contribution in [3.63, 3.8) is 0 Å². The summed E-state index contributed by atoms with van der Waals surface area (Å²) in [5.41, 5.74) is 1.07. The van der Waals surface area contributed by atoms with Crippen molar-refractivity contribution in [2.24, 2.45) is 0 Å². The highest BCUT2D eigenvalue weighted by molar-refractivity contribution is 7.90. The quantitative estimate of drug-likeness (QED) is 0.482. The van der Waals surface area contributed by atoms with E-state index in [9.17, 15) is 17.6 Å². The number of anilines is 1. The lowest BCUT2D eigenvalue weighted by molar-refractivity contribution is 0.102. The Balaban J connectivity index is 1.56. The molecule has 0 bridgehead atoms. The van der Waals surface area contributed by atoms with Crippen LogP contribution in [0.1, 0.15) is 21.7 Å². The highest BCUT2D eigenvalue weighted by atomic mass is 32.2. The Labute approximate surface area is 183 Å². The first-order chi connectivity index (χ1) is 15.3. The molecule has 0 saturated heterocycles. The number of carbonyl (C=O) groups excluding carboxylic acids is 1. The van der Waals surface area contributed by atoms with E-state index in [1.807, 2.05) is 0 Å². The second kappa shape index (κ2) is 8.67. The first-order valence-electron chi connectivity index (χ1n) is 9.56. The molecule has 0 unspecified atom stereocenters. The summed E-state index contributed by atoms with van der Waals surface area (Å²) in [5, 5.41) is 13.7. The number of nitrogens with zero attached hydrogens (tertiary/aromatic N) is 4. The summed E-state index contributed by atoms with van der Waals surface area (Å²) in [6.45, 7) is 1.69. The lowest BCUT2D eigenvalue weighted by Crippen LogP contribution is -2.14. The van der Waals surface area contributed by atoms with Gasteiger partial charge in [-0.15, -0.1) is 5.10 Å². The van der Waals surface area contributed by atoms with Crippen LogP contribution in [-0.4, -0.2) is 34.5 Å². The summed E-state index contributed by atoms with van der Waals surface area (Å²) in [6, 6.07) is 18.4. The minimum Gasteiger partial charge on any atom is -0.319 e. The number of halogens is 1. The Morgan fingerprint density at radius 2 is 1.81 bits per heavy atom. The molecule has 1 amide bonds. The van der Waals surface area contributed by atoms with E-state index in [4.69, 9.17) is 0 Å². The lowest BCUT2D eigenvalue weighted by atomic mass is 10.1. The van der Waals surface area contributed by atoms with Crippen molar-refractivity contribution in [1.29, 1.82) is 0 Å². The van der Waals surface area contributed by atoms with E-state index < -0.39 is 21.6 Å². The fourth-order valence-corrected chi connectivity index (χ4v) is 4.50. The molecule has 4 aromatic rings. The van der Waals surface area contributed by atoms with Crippen molar-refractivity contribution in [3.05, 3.63) is 95.6 Å². The zero-order chi connectivity index (χ0) is 22.7. The van der Waals surface area contributed by atoms with Gasteiger partial charge in [-0.05, 0) is 65.4 Å². The van der Waals surface area contributed by atoms with Gasteiger partial charge >= 0.3 is 0 Å². The molecule has 3 aromatic carbocycles. The van der Waals surface area contributed by atoms with Crippen LogP contribution in [0.3, 0.4) is 0 Å². The van der Waals surface area contributed by atoms with Gasteiger partial charge in [0, 0.05) is 5.56 Å². The van der Waals surface area contributed by atoms with Crippen molar-refractivity contribution in [3.8, 4) is 5.69 Å². The number of amides is 1. The molecule has 1 aromatic heterocycles. The molecule has 4 rings (SSSR count). The van der Waals surface area contributed by atoms with Crippen LogP contribution in [-0.2, 0) is 15.6 Å². The van der Waals surface area contributed by atoms with Crippen molar-refractivity contribution in [2.75, 3.05) is 5.32 Å². The number of aryl methyl sites for hydroxylation is 1. The van der Waals surface area contributed by atoms with Gasteiger partial charge in [0.25, 0.3) is 5.91 Å². The molecule has 0 aliphatic rings. The van der Waals surface area contributed by atoms with E-state index in [1.54, 1.807) is 37.3 Å². The van der Waals surface area contributed by atoms with Crippen LogP contribution >= 0.6 is 0 Å². The highest BCUT2D eigenvalue weighted by Gasteiger charge is 2.17. The van der Waals surface area contributed by atoms with Gasteiger partial charge in [0.05, 0.1) is 22.0 Å². The molecular weight excluding hydrogens is 433 g/mol. The normalized spacial score (nSPS) is 11.3. The van der Waals surface area contributed by atoms with Gasteiger partial charge in [0.15, 0.2) is 15.7 Å². The standard InChI is InChI=1S/C22H18FN5O3S/c1-15-25-26-27-28(15)18-10-11-20(23)21(13-18)24-22(29)17-7-5-6-16(12-17)14-32(30,31)19-8-3-2-4-9-19/h2-13H,14H2,1H3,(H,24,29). The first-order valence-corrected chi connectivity index (χ1v) is 11.2. The van der Waals surface area contributed by atoms with E-state index in [0.717, 1.165) is 0 Å². The molecule has 0 radical (unpaired) electrons. The topological polar surface area (TPSA) is 107 Å². The zero-order valence-corrected chi connectivity index (χ0v) is 17.8. The smallest absolute Gasteiger partial charge is 0.255 e. The summed E-state index contributed by atoms with van der Waals surface area (Å²) in [5.74, 6) is -0.967. The molecule has 0 fully saturated rings. The molecule has 1 heterocycles. The van der Waals surface area contributed by atoms with Gasteiger partial charge in [0.1, 0.15) is 5.82 Å². The van der Waals surface area contributed by atoms with E-state index in [1.165, 1.54) is 47.1 Å². The SMILES string of the molecule is Cc1nnnn1-c1ccc(F)c(NC(=O)c2cccc(CS(=O)(=O)c3ccccc3)c2)c1. The third-order valence-corrected chi connectivity index (χ3v) is 6.42. The molecule has 0 aliphatic carbocycles. The number of nitrogens with one attached hydrogen (secondary N) is 1. The predicted octanol–water partition coefficient (Wildman–Crippen LogP) is 3.34. The number of hydrogen-bond acceptors (Lipinski definition) is 6. The number of carbonyl (C=O) groups is 1. The van der Waals surface area contributed by atoms with Crippen molar-refractivity contribution >= 4 is 21.4 Å². The van der Waals surface area contributed by atoms with E-state index in [-0.39, 0.29) is 21.9 Å². The van der Waals surface area contributed by atoms with Crippen LogP contribution in [0.15, 0.2) is 77.7 Å². The summed E-state index contributed by atoms with van der Waals surface area (Å²) in [7, 11) is -3.57. The Hall–Kier alpha value is -3.92. The molecule has 0 saturated carbocycles. The number of rotatable bonds is 6. The summed E-state index contributed by atoms with van der Waals surface area (Å²) in [6.07, 6.45) is 0. The van der Waals surface area contributed by atoms with Crippen LogP contribution < -0.4 is 5.32 Å². The average Bonchev–Trinajstić information content (AvgIpc) is 3.21. The number of tetrazole rings is 1. The maximum absolute atomic E-state index is 14.3. The third-order valence-electron chi connectivity index (χ3n) is 4.72. The Bertz CT molecular complexity index is 1390. The Morgan fingerprint density at radius 1 is 1.03 bits per heavy atom. The van der Waals surface area contributed by atoms with Crippen LogP contribution in [0.25, 0.3) is 5.69 Å². The summed E-state index contributed by atoms with van der Waals surface area (Å²) in [4.78, 5) is 12.9. The maximum atomic E-state index is 14.3. The molecule has 0 aliphatic heterocycles. The average molecular weight is 451 g/mol. The van der Waals surface area contributed by atoms with Crippen LogP contribution in [0.2, 0.25) is 0 Å². The predicted molar refractivity (Wildman–Crippen MR) is 116 cm³/mol. The molecule has 1 N–H and O–H groups in total. The minimum absolute atomic E-state index is 0.0512. The number of sulfone groups is 1. The van der Waals surface area contributed by atoms with Crippen LogP contribution in [0, 0.1) is 12.7 Å². The van der Waals surface area contributed by atoms with Gasteiger partial charge in [-0.2, -0.15) is 4.68 Å². The number of hydrogen-bond donors (Lipinski definition) is 1. The fourth-order valence-electron chi connectivity index (χ4n) is 3.14. The van der Waals surface area contributed by atoms with Gasteiger partial charge in [0.2, 0.25) is 0 Å². The zero-order valence-electron chi connectivity index (χ0n) is 16.9. The molecule has 8 nitrogen and oxygen atoms in total. The van der Waals surface area contributed by atoms with Crippen LogP contribution in [0.4, 0.5) is 10.1 Å². The van der Waals surface area contributed by atoms with E-state index in [0.29, 0.717) is 17.1 Å². The first kappa shape index (κ1) is 21.3. The van der Waals surface area contributed by atoms with Gasteiger partial charge in [-0.3, -0.25) is 4.79 Å². The summed E-state index contributed by atoms with van der Waals surface area (Å²) < 4.78 is 41.0. The highest BCUT2D eigenvalue weighted by Crippen LogP contribution is 2.21. The van der Waals surface area contributed by atoms with Crippen molar-refractivity contribution in [2.45, 2.75) is 17.6 Å². The third kappa shape index (κ3) is 4.54. The van der Waals surface area contributed by atoms with Crippen molar-refractivity contribution < 1.29 is 17.6 Å². The van der Waals surface area contributed by atoms with Gasteiger partial charge < -0.3 is 5.32 Å². The Morgan fingerprint density at radius 3 is 2.53 bits per heavy atom. The second-order valence-corrected chi connectivity index (χ2v) is 9.02. The molecule has 32 heavy (non-hydrogen) atoms. The second-order valence-electron chi connectivity index (χ2n) is 7.03. The molecular formula is C22H18FN5O3S. The Kier molecular flexibility index (Phi) is 5.78. The number of benzene rings is 3. The molecule has 162 valence electrons. The number of aromatic nitrogens is 4. The molecule has 10 heteroatoms. The fraction of sp³-hybridized carbons (Fsp3) is 0.0909. The minimum atomic E-state index is -3.57. The monoisotopic (exact) mass is 451 g/mol. The largest absolute Gasteiger partial charge is 0.319 e. The van der Waals surface area contributed by atoms with E-state index in [2.05, 4.69) is 20.8 Å². The summed E-state index contributed by atoms with van der Waals surface area (Å²) >= 11 is 0. The van der Waals surface area contributed by atoms with Crippen LogP contribution in [0.5, 0.6) is 0 Å². The van der Waals surface area contributed by atoms with Gasteiger partial charge in [-0.1, -0.05) is 30.3 Å². The van der Waals surface area contributed by atoms with E-state index >= 15 is 0 Å². The molecule has 0 spiro atoms.